The molecule has 0 heterocycles. The second-order valence-electron chi connectivity index (χ2n) is 3.47. The van der Waals surface area contributed by atoms with E-state index in [1.807, 2.05) is 0 Å². The highest BCUT2D eigenvalue weighted by molar-refractivity contribution is 6.72. The van der Waals surface area contributed by atoms with Crippen molar-refractivity contribution in [2.45, 2.75) is 26.4 Å². The van der Waals surface area contributed by atoms with Gasteiger partial charge >= 0.3 is 0 Å². The van der Waals surface area contributed by atoms with E-state index in [0.717, 1.165) is 6.54 Å². The summed E-state index contributed by atoms with van der Waals surface area (Å²) in [4.78, 5) is 0. The number of hydrogen-bond acceptors (Lipinski definition) is 1. The molecule has 1 nitrogen and oxygen atoms in total. The van der Waals surface area contributed by atoms with E-state index in [-0.39, 0.29) is 8.80 Å². The molecule has 1 aromatic carbocycles. The van der Waals surface area contributed by atoms with Crippen molar-refractivity contribution in [3.8, 4) is 0 Å². The van der Waals surface area contributed by atoms with Gasteiger partial charge in [0.15, 0.2) is 0 Å². The van der Waals surface area contributed by atoms with Crippen LogP contribution in [0.2, 0.25) is 13.1 Å². The van der Waals surface area contributed by atoms with Crippen molar-refractivity contribution in [2.75, 3.05) is 11.9 Å². The van der Waals surface area contributed by atoms with Crippen LogP contribution in [0.15, 0.2) is 24.3 Å². The van der Waals surface area contributed by atoms with Gasteiger partial charge in [0.1, 0.15) is 0 Å². The summed E-state index contributed by atoms with van der Waals surface area (Å²) in [5, 5.41) is 4.98. The van der Waals surface area contributed by atoms with Gasteiger partial charge in [0.2, 0.25) is 0 Å². The highest BCUT2D eigenvalue weighted by atomic mass is 28.3. The summed E-state index contributed by atoms with van der Waals surface area (Å²) in [5.41, 5.74) is 1.34. The lowest BCUT2D eigenvalue weighted by Crippen LogP contribution is -2.26. The van der Waals surface area contributed by atoms with Gasteiger partial charge in [-0.05, 0) is 17.7 Å². The normalized spacial score (nSPS) is 10.5. The summed E-state index contributed by atoms with van der Waals surface area (Å²) in [7, 11) is -0.334. The van der Waals surface area contributed by atoms with E-state index in [1.54, 1.807) is 0 Å². The quantitative estimate of drug-likeness (QED) is 0.723. The van der Waals surface area contributed by atoms with Gasteiger partial charge in [-0.2, -0.15) is 0 Å². The van der Waals surface area contributed by atoms with Crippen molar-refractivity contribution in [3.63, 3.8) is 0 Å². The molecule has 0 saturated carbocycles. The number of rotatable bonds is 4. The van der Waals surface area contributed by atoms with Crippen molar-refractivity contribution < 1.29 is 0 Å². The first-order valence-electron chi connectivity index (χ1n) is 4.89. The fourth-order valence-corrected chi connectivity index (χ4v) is 2.47. The van der Waals surface area contributed by atoms with Gasteiger partial charge in [0.05, 0.1) is 8.80 Å². The number of hydrogen-bond donors (Lipinski definition) is 1. The van der Waals surface area contributed by atoms with E-state index in [9.17, 15) is 0 Å². The minimum atomic E-state index is -0.334. The van der Waals surface area contributed by atoms with E-state index < -0.39 is 0 Å². The molecule has 71 valence electrons. The average Bonchev–Trinajstić information content (AvgIpc) is 2.15. The van der Waals surface area contributed by atoms with Gasteiger partial charge in [0.25, 0.3) is 0 Å². The maximum atomic E-state index is 3.47. The van der Waals surface area contributed by atoms with Crippen LogP contribution in [0, 0.1) is 0 Å². The Labute approximate surface area is 82.8 Å². The molecular weight excluding hydrogens is 174 g/mol. The molecule has 0 spiro atoms. The predicted octanol–water partition coefficient (Wildman–Crippen LogP) is 2.47. The first kappa shape index (κ1) is 10.3. The molecule has 13 heavy (non-hydrogen) atoms. The summed E-state index contributed by atoms with van der Waals surface area (Å²) in [5.74, 6) is 0. The third-order valence-corrected chi connectivity index (χ3v) is 3.54. The van der Waals surface area contributed by atoms with Gasteiger partial charge in [-0.25, -0.2) is 0 Å². The summed E-state index contributed by atoms with van der Waals surface area (Å²) < 4.78 is 0. The lowest BCUT2D eigenvalue weighted by atomic mass is 10.3. The van der Waals surface area contributed by atoms with Crippen LogP contribution in [0.1, 0.15) is 13.3 Å². The lowest BCUT2D eigenvalue weighted by Gasteiger charge is -2.12. The summed E-state index contributed by atoms with van der Waals surface area (Å²) in [6.07, 6.45) is 1.18. The molecule has 1 N–H and O–H groups in total. The molecule has 0 aliphatic rings. The van der Waals surface area contributed by atoms with E-state index in [2.05, 4.69) is 49.6 Å². The zero-order valence-electron chi connectivity index (χ0n) is 8.72. The molecule has 0 aliphatic heterocycles. The Morgan fingerprint density at radius 3 is 2.54 bits per heavy atom. The van der Waals surface area contributed by atoms with Crippen molar-refractivity contribution in [2.24, 2.45) is 0 Å². The smallest absolute Gasteiger partial charge is 0.0819 e. The van der Waals surface area contributed by atoms with Gasteiger partial charge in [-0.15, -0.1) is 0 Å². The van der Waals surface area contributed by atoms with Gasteiger partial charge in [-0.3, -0.25) is 0 Å². The van der Waals surface area contributed by atoms with Crippen LogP contribution in [-0.2, 0) is 0 Å². The lowest BCUT2D eigenvalue weighted by molar-refractivity contribution is 0.981. The Morgan fingerprint density at radius 1 is 1.23 bits per heavy atom. The first-order chi connectivity index (χ1) is 6.25. The number of para-hydroxylation sites is 1. The van der Waals surface area contributed by atoms with E-state index in [4.69, 9.17) is 0 Å². The number of benzene rings is 1. The molecule has 0 atom stereocenters. The monoisotopic (exact) mass is 192 g/mol. The van der Waals surface area contributed by atoms with Crippen LogP contribution in [0.5, 0.6) is 0 Å². The Kier molecular flexibility index (Phi) is 4.03. The predicted molar refractivity (Wildman–Crippen MR) is 62.3 cm³/mol. The van der Waals surface area contributed by atoms with Crippen LogP contribution < -0.4 is 10.5 Å². The molecule has 0 aliphatic carbocycles. The molecule has 0 saturated heterocycles. The highest BCUT2D eigenvalue weighted by Gasteiger charge is 2.05. The van der Waals surface area contributed by atoms with Crippen LogP contribution in [0.4, 0.5) is 5.69 Å². The van der Waals surface area contributed by atoms with Crippen molar-refractivity contribution in [1.82, 2.24) is 0 Å². The van der Waals surface area contributed by atoms with Crippen molar-refractivity contribution in [1.29, 1.82) is 0 Å². The summed E-state index contributed by atoms with van der Waals surface area (Å²) in [6.45, 7) is 7.93. The minimum Gasteiger partial charge on any atom is -0.385 e. The Balaban J connectivity index is 2.78. The first-order valence-corrected chi connectivity index (χ1v) is 7.39. The molecule has 1 rings (SSSR count). The Hall–Kier alpha value is -0.763. The van der Waals surface area contributed by atoms with Gasteiger partial charge in [0, 0.05) is 12.2 Å². The molecule has 0 amide bonds. The Bertz CT molecular complexity index is 258. The van der Waals surface area contributed by atoms with Crippen molar-refractivity contribution in [3.05, 3.63) is 24.3 Å². The molecule has 1 aromatic rings. The second-order valence-corrected chi connectivity index (χ2v) is 6.01. The van der Waals surface area contributed by atoms with Crippen LogP contribution >= 0.6 is 0 Å². The van der Waals surface area contributed by atoms with E-state index in [0.29, 0.717) is 0 Å². The number of anilines is 1. The number of nitrogens with one attached hydrogen (secondary N) is 1. The zero-order chi connectivity index (χ0) is 9.68. The van der Waals surface area contributed by atoms with Crippen LogP contribution in [-0.4, -0.2) is 15.3 Å². The molecule has 0 aromatic heterocycles. The van der Waals surface area contributed by atoms with Crippen LogP contribution in [0.3, 0.4) is 0 Å². The molecule has 0 unspecified atom stereocenters. The van der Waals surface area contributed by atoms with Gasteiger partial charge in [-0.1, -0.05) is 38.2 Å². The van der Waals surface area contributed by atoms with E-state index >= 15 is 0 Å². The largest absolute Gasteiger partial charge is 0.385 e. The highest BCUT2D eigenvalue weighted by Crippen LogP contribution is 2.04. The topological polar surface area (TPSA) is 12.0 Å². The third kappa shape index (κ3) is 2.88. The zero-order valence-corrected chi connectivity index (χ0v) is 9.72. The average molecular weight is 192 g/mol. The molecule has 0 fully saturated rings. The maximum absolute atomic E-state index is 3.47. The third-order valence-electron chi connectivity index (χ3n) is 2.03. The maximum Gasteiger partial charge on any atom is 0.0819 e. The summed E-state index contributed by atoms with van der Waals surface area (Å²) >= 11 is 0. The van der Waals surface area contributed by atoms with Crippen molar-refractivity contribution >= 4 is 19.7 Å². The standard InChI is InChI=1S/C11H18NSi/c1-4-9-12-10-7-5-6-8-11(10)13(2)3/h5-8,12H,4,9H2,1-3H3. The second kappa shape index (κ2) is 5.07. The van der Waals surface area contributed by atoms with Crippen LogP contribution in [0.25, 0.3) is 0 Å². The Morgan fingerprint density at radius 2 is 1.92 bits per heavy atom. The minimum absolute atomic E-state index is 0.334. The molecule has 1 radical (unpaired) electrons. The summed E-state index contributed by atoms with van der Waals surface area (Å²) in [6, 6.07) is 8.66. The molecule has 2 heteroatoms. The SMILES string of the molecule is CCCNc1ccccc1[Si](C)C. The fraction of sp³-hybridized carbons (Fsp3) is 0.455. The molecular formula is C11H18NSi. The fourth-order valence-electron chi connectivity index (χ4n) is 1.33. The van der Waals surface area contributed by atoms with E-state index in [1.165, 1.54) is 17.3 Å². The molecule has 0 bridgehead atoms. The van der Waals surface area contributed by atoms with Gasteiger partial charge < -0.3 is 5.32 Å².